The second kappa shape index (κ2) is 9.11. The molecular formula is C19H23ClF3NO. The summed E-state index contributed by atoms with van der Waals surface area (Å²) in [4.78, 5) is 0. The molecule has 0 saturated heterocycles. The van der Waals surface area contributed by atoms with Crippen LogP contribution in [0.4, 0.5) is 13.2 Å². The lowest BCUT2D eigenvalue weighted by atomic mass is 9.97. The smallest absolute Gasteiger partial charge is 0.389 e. The summed E-state index contributed by atoms with van der Waals surface area (Å²) >= 11 is 0. The van der Waals surface area contributed by atoms with Crippen molar-refractivity contribution < 1.29 is 17.9 Å². The lowest BCUT2D eigenvalue weighted by molar-refractivity contribution is -0.136. The topological polar surface area (TPSA) is 35.2 Å². The number of aryl methyl sites for hydroxylation is 2. The average Bonchev–Trinajstić information content (AvgIpc) is 2.52. The summed E-state index contributed by atoms with van der Waals surface area (Å²) in [6, 6.07) is 12.8. The molecule has 0 amide bonds. The number of hydrogen-bond acceptors (Lipinski definition) is 2. The van der Waals surface area contributed by atoms with Gasteiger partial charge in [0.15, 0.2) is 0 Å². The predicted octanol–water partition coefficient (Wildman–Crippen LogP) is 5.65. The van der Waals surface area contributed by atoms with E-state index < -0.39 is 18.6 Å². The van der Waals surface area contributed by atoms with Crippen LogP contribution in [-0.2, 0) is 6.61 Å². The summed E-state index contributed by atoms with van der Waals surface area (Å²) in [5.74, 6) is 0.755. The standard InChI is InChI=1S/C19H22F3NO.ClH/c1-13-10-16(17(23)8-9-19(20,21)22)11-14(2)18(13)24-12-15-6-4-3-5-7-15;/h3-7,10-11,17H,8-9,12,23H2,1-2H3;1H/t17-;/m1./s1. The van der Waals surface area contributed by atoms with Gasteiger partial charge in [0.05, 0.1) is 0 Å². The molecule has 0 fully saturated rings. The van der Waals surface area contributed by atoms with Crippen molar-refractivity contribution in [3.63, 3.8) is 0 Å². The molecule has 0 aliphatic carbocycles. The molecule has 0 aliphatic heterocycles. The number of ether oxygens (including phenoxy) is 1. The molecule has 25 heavy (non-hydrogen) atoms. The Kier molecular flexibility index (Phi) is 7.77. The first-order valence-electron chi connectivity index (χ1n) is 7.86. The fourth-order valence-corrected chi connectivity index (χ4v) is 2.64. The summed E-state index contributed by atoms with van der Waals surface area (Å²) in [6.07, 6.45) is -5.18. The van der Waals surface area contributed by atoms with Crippen LogP contribution in [0.15, 0.2) is 42.5 Å². The highest BCUT2D eigenvalue weighted by atomic mass is 35.5. The highest BCUT2D eigenvalue weighted by molar-refractivity contribution is 5.85. The summed E-state index contributed by atoms with van der Waals surface area (Å²) in [7, 11) is 0. The van der Waals surface area contributed by atoms with Crippen LogP contribution >= 0.6 is 12.4 Å². The van der Waals surface area contributed by atoms with E-state index in [1.165, 1.54) is 0 Å². The molecule has 0 unspecified atom stereocenters. The molecule has 1 atom stereocenters. The molecule has 0 aliphatic rings. The van der Waals surface area contributed by atoms with Crippen LogP contribution in [0.25, 0.3) is 0 Å². The largest absolute Gasteiger partial charge is 0.488 e. The van der Waals surface area contributed by atoms with Crippen LogP contribution < -0.4 is 10.5 Å². The van der Waals surface area contributed by atoms with E-state index in [0.29, 0.717) is 12.2 Å². The van der Waals surface area contributed by atoms with E-state index in [1.54, 1.807) is 0 Å². The molecule has 0 aromatic heterocycles. The Morgan fingerprint density at radius 1 is 1.04 bits per heavy atom. The molecule has 138 valence electrons. The first-order valence-corrected chi connectivity index (χ1v) is 7.86. The third-order valence-corrected chi connectivity index (χ3v) is 3.88. The molecule has 2 nitrogen and oxygen atoms in total. The van der Waals surface area contributed by atoms with Crippen LogP contribution in [0.5, 0.6) is 5.75 Å². The maximum atomic E-state index is 12.3. The van der Waals surface area contributed by atoms with E-state index in [0.717, 1.165) is 22.4 Å². The second-order valence-electron chi connectivity index (χ2n) is 6.02. The third kappa shape index (κ3) is 6.59. The minimum atomic E-state index is -4.18. The molecular weight excluding hydrogens is 351 g/mol. The van der Waals surface area contributed by atoms with Crippen LogP contribution in [0.3, 0.4) is 0 Å². The Balaban J connectivity index is 0.00000312. The van der Waals surface area contributed by atoms with E-state index in [9.17, 15) is 13.2 Å². The number of benzene rings is 2. The van der Waals surface area contributed by atoms with Crippen molar-refractivity contribution >= 4 is 12.4 Å². The van der Waals surface area contributed by atoms with Crippen LogP contribution in [0.1, 0.15) is 41.1 Å². The Hall–Kier alpha value is -1.72. The minimum Gasteiger partial charge on any atom is -0.488 e. The molecule has 2 aromatic carbocycles. The summed E-state index contributed by atoms with van der Waals surface area (Å²) in [5, 5.41) is 0. The number of halogens is 4. The minimum absolute atomic E-state index is 0. The Labute approximate surface area is 152 Å². The fraction of sp³-hybridized carbons (Fsp3) is 0.368. The maximum absolute atomic E-state index is 12.3. The van der Waals surface area contributed by atoms with E-state index in [1.807, 2.05) is 56.3 Å². The van der Waals surface area contributed by atoms with Crippen molar-refractivity contribution in [1.29, 1.82) is 0 Å². The Morgan fingerprint density at radius 3 is 2.12 bits per heavy atom. The van der Waals surface area contributed by atoms with Gasteiger partial charge in [0, 0.05) is 12.5 Å². The quantitative estimate of drug-likeness (QED) is 0.710. The normalized spacial score (nSPS) is 12.4. The van der Waals surface area contributed by atoms with E-state index >= 15 is 0 Å². The van der Waals surface area contributed by atoms with Gasteiger partial charge in [-0.25, -0.2) is 0 Å². The van der Waals surface area contributed by atoms with Crippen molar-refractivity contribution in [3.05, 3.63) is 64.7 Å². The zero-order chi connectivity index (χ0) is 17.7. The van der Waals surface area contributed by atoms with Gasteiger partial charge in [-0.1, -0.05) is 42.5 Å². The number of hydrogen-bond donors (Lipinski definition) is 1. The average molecular weight is 374 g/mol. The molecule has 0 spiro atoms. The van der Waals surface area contributed by atoms with Gasteiger partial charge >= 0.3 is 6.18 Å². The van der Waals surface area contributed by atoms with Gasteiger partial charge in [0.25, 0.3) is 0 Å². The van der Waals surface area contributed by atoms with E-state index in [-0.39, 0.29) is 18.8 Å². The van der Waals surface area contributed by atoms with Crippen molar-refractivity contribution in [1.82, 2.24) is 0 Å². The Bertz CT molecular complexity index is 651. The predicted molar refractivity (Wildman–Crippen MR) is 96.2 cm³/mol. The molecule has 2 aromatic rings. The summed E-state index contributed by atoms with van der Waals surface area (Å²) < 4.78 is 42.9. The zero-order valence-corrected chi connectivity index (χ0v) is 15.1. The van der Waals surface area contributed by atoms with Gasteiger partial charge in [-0.15, -0.1) is 12.4 Å². The van der Waals surface area contributed by atoms with Crippen LogP contribution in [0, 0.1) is 13.8 Å². The van der Waals surface area contributed by atoms with Crippen LogP contribution in [0.2, 0.25) is 0 Å². The van der Waals surface area contributed by atoms with Gasteiger partial charge in [-0.05, 0) is 42.5 Å². The van der Waals surface area contributed by atoms with E-state index in [4.69, 9.17) is 10.5 Å². The number of alkyl halides is 3. The highest BCUT2D eigenvalue weighted by Crippen LogP contribution is 2.31. The van der Waals surface area contributed by atoms with Gasteiger partial charge in [0.2, 0.25) is 0 Å². The maximum Gasteiger partial charge on any atom is 0.389 e. The van der Waals surface area contributed by atoms with Gasteiger partial charge in [0.1, 0.15) is 12.4 Å². The highest BCUT2D eigenvalue weighted by Gasteiger charge is 2.28. The summed E-state index contributed by atoms with van der Waals surface area (Å²) in [5.41, 5.74) is 9.44. The molecule has 0 bridgehead atoms. The third-order valence-electron chi connectivity index (χ3n) is 3.88. The molecule has 0 saturated carbocycles. The van der Waals surface area contributed by atoms with Gasteiger partial charge < -0.3 is 10.5 Å². The SMILES string of the molecule is Cc1cc([C@H](N)CCC(F)(F)F)cc(C)c1OCc1ccccc1.Cl. The lowest BCUT2D eigenvalue weighted by Gasteiger charge is -2.18. The monoisotopic (exact) mass is 373 g/mol. The lowest BCUT2D eigenvalue weighted by Crippen LogP contribution is -2.16. The zero-order valence-electron chi connectivity index (χ0n) is 14.3. The van der Waals surface area contributed by atoms with Crippen molar-refractivity contribution in [2.75, 3.05) is 0 Å². The Morgan fingerprint density at radius 2 is 1.60 bits per heavy atom. The fourth-order valence-electron chi connectivity index (χ4n) is 2.64. The first kappa shape index (κ1) is 21.3. The molecule has 2 N–H and O–H groups in total. The van der Waals surface area contributed by atoms with Crippen molar-refractivity contribution in [2.45, 2.75) is 45.5 Å². The summed E-state index contributed by atoms with van der Waals surface area (Å²) in [6.45, 7) is 4.21. The van der Waals surface area contributed by atoms with E-state index in [2.05, 4.69) is 0 Å². The number of nitrogens with two attached hydrogens (primary N) is 1. The molecule has 0 heterocycles. The molecule has 2 rings (SSSR count). The molecule has 6 heteroatoms. The van der Waals surface area contributed by atoms with Gasteiger partial charge in [-0.3, -0.25) is 0 Å². The van der Waals surface area contributed by atoms with Crippen LogP contribution in [-0.4, -0.2) is 6.18 Å². The van der Waals surface area contributed by atoms with Crippen molar-refractivity contribution in [2.24, 2.45) is 5.73 Å². The number of rotatable bonds is 6. The van der Waals surface area contributed by atoms with Gasteiger partial charge in [-0.2, -0.15) is 13.2 Å². The second-order valence-corrected chi connectivity index (χ2v) is 6.02. The molecule has 0 radical (unpaired) electrons. The van der Waals surface area contributed by atoms with Crippen molar-refractivity contribution in [3.8, 4) is 5.75 Å². The first-order chi connectivity index (χ1) is 11.3.